The van der Waals surface area contributed by atoms with Gasteiger partial charge in [-0.25, -0.2) is 0 Å². The Morgan fingerprint density at radius 3 is 1.74 bits per heavy atom. The molecule has 19 heavy (non-hydrogen) atoms. The standard InChI is InChI=1S/C13H12.C6H6/c1-3-11-9-8-10(2)12-6-4-5-7-13(11)12;1-2-4-6-5-3-1/h3-9H,1H2,2H3;1-6H. The van der Waals surface area contributed by atoms with Gasteiger partial charge in [0.1, 0.15) is 0 Å². The maximum absolute atomic E-state index is 3.81. The highest BCUT2D eigenvalue weighted by Crippen LogP contribution is 2.22. The third-order valence-corrected chi connectivity index (χ3v) is 3.06. The average molecular weight is 246 g/mol. The molecular weight excluding hydrogens is 228 g/mol. The van der Waals surface area contributed by atoms with E-state index in [1.807, 2.05) is 42.5 Å². The zero-order valence-electron chi connectivity index (χ0n) is 11.2. The molecular formula is C19H18. The van der Waals surface area contributed by atoms with Gasteiger partial charge in [0.2, 0.25) is 0 Å². The summed E-state index contributed by atoms with van der Waals surface area (Å²) in [6.07, 6.45) is 1.90. The van der Waals surface area contributed by atoms with Gasteiger partial charge in [-0.2, -0.15) is 0 Å². The topological polar surface area (TPSA) is 0 Å². The molecule has 0 aliphatic heterocycles. The van der Waals surface area contributed by atoms with Crippen LogP contribution in [0.3, 0.4) is 0 Å². The average Bonchev–Trinajstić information content (AvgIpc) is 2.50. The van der Waals surface area contributed by atoms with Gasteiger partial charge in [-0.15, -0.1) is 0 Å². The second-order valence-electron chi connectivity index (χ2n) is 4.38. The van der Waals surface area contributed by atoms with Gasteiger partial charge in [-0.05, 0) is 28.8 Å². The zero-order chi connectivity index (χ0) is 13.5. The molecule has 3 aromatic carbocycles. The van der Waals surface area contributed by atoms with E-state index in [-0.39, 0.29) is 0 Å². The van der Waals surface area contributed by atoms with E-state index in [1.165, 1.54) is 21.9 Å². The van der Waals surface area contributed by atoms with E-state index in [0.29, 0.717) is 0 Å². The molecule has 0 saturated heterocycles. The second-order valence-corrected chi connectivity index (χ2v) is 4.38. The van der Waals surface area contributed by atoms with Crippen molar-refractivity contribution in [2.75, 3.05) is 0 Å². The molecule has 0 bridgehead atoms. The summed E-state index contributed by atoms with van der Waals surface area (Å²) in [6.45, 7) is 5.94. The molecule has 0 aliphatic rings. The van der Waals surface area contributed by atoms with Crippen LogP contribution in [0.5, 0.6) is 0 Å². The molecule has 0 unspecified atom stereocenters. The van der Waals surface area contributed by atoms with E-state index in [1.54, 1.807) is 0 Å². The largest absolute Gasteiger partial charge is 0.0984 e. The normalized spacial score (nSPS) is 9.53. The molecule has 0 amide bonds. The minimum absolute atomic E-state index is 1.21. The van der Waals surface area contributed by atoms with Gasteiger partial charge in [0.15, 0.2) is 0 Å². The first kappa shape index (κ1) is 13.1. The number of hydrogen-bond donors (Lipinski definition) is 0. The summed E-state index contributed by atoms with van der Waals surface area (Å²) in [5, 5.41) is 2.61. The van der Waals surface area contributed by atoms with E-state index >= 15 is 0 Å². The Bertz CT molecular complexity index is 624. The predicted octanol–water partition coefficient (Wildman–Crippen LogP) is 5.48. The maximum atomic E-state index is 3.81. The van der Waals surface area contributed by atoms with Crippen molar-refractivity contribution in [2.45, 2.75) is 6.92 Å². The van der Waals surface area contributed by atoms with Crippen LogP contribution in [-0.2, 0) is 0 Å². The lowest BCUT2D eigenvalue weighted by Gasteiger charge is -2.04. The summed E-state index contributed by atoms with van der Waals surface area (Å²) in [5.74, 6) is 0. The van der Waals surface area contributed by atoms with Gasteiger partial charge in [0.05, 0.1) is 0 Å². The quantitative estimate of drug-likeness (QED) is 0.533. The summed E-state index contributed by atoms with van der Waals surface area (Å²) in [7, 11) is 0. The summed E-state index contributed by atoms with van der Waals surface area (Å²) in [5.41, 5.74) is 2.53. The number of aryl methyl sites for hydroxylation is 1. The molecule has 0 nitrogen and oxygen atoms in total. The third-order valence-electron chi connectivity index (χ3n) is 3.06. The molecule has 0 heterocycles. The van der Waals surface area contributed by atoms with Gasteiger partial charge < -0.3 is 0 Å². The Labute approximate surface area is 115 Å². The van der Waals surface area contributed by atoms with E-state index < -0.39 is 0 Å². The fourth-order valence-electron chi connectivity index (χ4n) is 2.04. The summed E-state index contributed by atoms with van der Waals surface area (Å²) in [4.78, 5) is 0. The monoisotopic (exact) mass is 246 g/mol. The van der Waals surface area contributed by atoms with Crippen LogP contribution in [0.2, 0.25) is 0 Å². The first-order chi connectivity index (χ1) is 9.33. The van der Waals surface area contributed by atoms with Crippen LogP contribution in [0, 0.1) is 6.92 Å². The molecule has 0 aliphatic carbocycles. The molecule has 0 spiro atoms. The van der Waals surface area contributed by atoms with Crippen molar-refractivity contribution in [3.63, 3.8) is 0 Å². The van der Waals surface area contributed by atoms with Crippen LogP contribution in [-0.4, -0.2) is 0 Å². The minimum atomic E-state index is 1.21. The first-order valence-electron chi connectivity index (χ1n) is 6.43. The van der Waals surface area contributed by atoms with Crippen LogP contribution in [0.4, 0.5) is 0 Å². The van der Waals surface area contributed by atoms with Crippen LogP contribution < -0.4 is 0 Å². The maximum Gasteiger partial charge on any atom is -0.0109 e. The lowest BCUT2D eigenvalue weighted by molar-refractivity contribution is 1.52. The van der Waals surface area contributed by atoms with Crippen LogP contribution >= 0.6 is 0 Å². The van der Waals surface area contributed by atoms with Crippen molar-refractivity contribution < 1.29 is 0 Å². The molecule has 0 N–H and O–H groups in total. The van der Waals surface area contributed by atoms with Crippen molar-refractivity contribution in [2.24, 2.45) is 0 Å². The molecule has 0 saturated carbocycles. The fraction of sp³-hybridized carbons (Fsp3) is 0.0526. The van der Waals surface area contributed by atoms with Crippen molar-refractivity contribution in [3.8, 4) is 0 Å². The van der Waals surface area contributed by atoms with Crippen LogP contribution in [0.25, 0.3) is 16.8 Å². The SMILES string of the molecule is C=Cc1ccc(C)c2ccccc12.c1ccccc1. The van der Waals surface area contributed by atoms with Crippen LogP contribution in [0.1, 0.15) is 11.1 Å². The predicted molar refractivity (Wildman–Crippen MR) is 85.2 cm³/mol. The molecule has 0 fully saturated rings. The number of hydrogen-bond acceptors (Lipinski definition) is 0. The van der Waals surface area contributed by atoms with Gasteiger partial charge in [-0.3, -0.25) is 0 Å². The van der Waals surface area contributed by atoms with Gasteiger partial charge in [0, 0.05) is 0 Å². The van der Waals surface area contributed by atoms with Gasteiger partial charge in [0.25, 0.3) is 0 Å². The Morgan fingerprint density at radius 1 is 0.684 bits per heavy atom. The molecule has 0 aromatic heterocycles. The van der Waals surface area contributed by atoms with Crippen molar-refractivity contribution >= 4 is 16.8 Å². The van der Waals surface area contributed by atoms with Crippen molar-refractivity contribution in [1.29, 1.82) is 0 Å². The molecule has 3 rings (SSSR count). The molecule has 0 atom stereocenters. The van der Waals surface area contributed by atoms with Gasteiger partial charge >= 0.3 is 0 Å². The highest BCUT2D eigenvalue weighted by molar-refractivity contribution is 5.92. The summed E-state index contributed by atoms with van der Waals surface area (Å²) >= 11 is 0. The van der Waals surface area contributed by atoms with Crippen molar-refractivity contribution in [3.05, 3.63) is 90.5 Å². The molecule has 94 valence electrons. The first-order valence-corrected chi connectivity index (χ1v) is 6.43. The van der Waals surface area contributed by atoms with Crippen LogP contribution in [0.15, 0.2) is 79.4 Å². The van der Waals surface area contributed by atoms with Crippen molar-refractivity contribution in [1.82, 2.24) is 0 Å². The Balaban J connectivity index is 0.000000186. The molecule has 0 heteroatoms. The highest BCUT2D eigenvalue weighted by atomic mass is 14.0. The number of rotatable bonds is 1. The summed E-state index contributed by atoms with van der Waals surface area (Å²) in [6, 6.07) is 24.7. The van der Waals surface area contributed by atoms with E-state index in [0.717, 1.165) is 0 Å². The van der Waals surface area contributed by atoms with E-state index in [4.69, 9.17) is 0 Å². The minimum Gasteiger partial charge on any atom is -0.0984 e. The number of benzene rings is 3. The highest BCUT2D eigenvalue weighted by Gasteiger charge is 1.98. The lowest BCUT2D eigenvalue weighted by atomic mass is 10.0. The molecule has 0 radical (unpaired) electrons. The lowest BCUT2D eigenvalue weighted by Crippen LogP contribution is -1.81. The second kappa shape index (κ2) is 6.55. The Morgan fingerprint density at radius 2 is 1.21 bits per heavy atom. The Kier molecular flexibility index (Phi) is 4.52. The third kappa shape index (κ3) is 3.32. The molecule has 3 aromatic rings. The Hall–Kier alpha value is -2.34. The van der Waals surface area contributed by atoms with Gasteiger partial charge in [-0.1, -0.05) is 85.5 Å². The van der Waals surface area contributed by atoms with E-state index in [2.05, 4.69) is 49.9 Å². The number of fused-ring (bicyclic) bond motifs is 1. The summed E-state index contributed by atoms with van der Waals surface area (Å²) < 4.78 is 0. The van der Waals surface area contributed by atoms with E-state index in [9.17, 15) is 0 Å². The zero-order valence-corrected chi connectivity index (χ0v) is 11.2. The smallest absolute Gasteiger partial charge is 0.0109 e. The fourth-order valence-corrected chi connectivity index (χ4v) is 2.04.